The first kappa shape index (κ1) is 14.5. The summed E-state index contributed by atoms with van der Waals surface area (Å²) in [5, 5.41) is 9.95. The molecule has 0 saturated carbocycles. The number of hydrogen-bond donors (Lipinski definition) is 1. The van der Waals surface area contributed by atoms with Crippen molar-refractivity contribution in [2.75, 3.05) is 11.4 Å². The summed E-state index contributed by atoms with van der Waals surface area (Å²) in [5.41, 5.74) is 1.81. The van der Waals surface area contributed by atoms with Crippen molar-refractivity contribution in [2.24, 2.45) is 0 Å². The van der Waals surface area contributed by atoms with E-state index in [4.69, 9.17) is 4.74 Å². The van der Waals surface area contributed by atoms with Gasteiger partial charge in [0, 0.05) is 12.1 Å². The van der Waals surface area contributed by atoms with Gasteiger partial charge in [-0.3, -0.25) is 4.90 Å². The van der Waals surface area contributed by atoms with Gasteiger partial charge in [0.2, 0.25) is 0 Å². The fourth-order valence-electron chi connectivity index (χ4n) is 2.55. The van der Waals surface area contributed by atoms with Gasteiger partial charge in [0.1, 0.15) is 12.4 Å². The zero-order valence-electron chi connectivity index (χ0n) is 11.9. The van der Waals surface area contributed by atoms with Crippen LogP contribution < -0.4 is 4.90 Å². The van der Waals surface area contributed by atoms with Crippen LogP contribution in [0.3, 0.4) is 0 Å². The van der Waals surface area contributed by atoms with Gasteiger partial charge >= 0.3 is 6.09 Å². The van der Waals surface area contributed by atoms with Gasteiger partial charge in [-0.15, -0.1) is 0 Å². The van der Waals surface area contributed by atoms with E-state index in [-0.39, 0.29) is 6.61 Å². The molecule has 0 aromatic heterocycles. The highest BCUT2D eigenvalue weighted by atomic mass is 19.1. The molecule has 114 valence electrons. The lowest BCUT2D eigenvalue weighted by Gasteiger charge is -2.31. The number of carbonyl (C=O) groups is 1. The Kier molecular flexibility index (Phi) is 4.06. The van der Waals surface area contributed by atoms with Crippen LogP contribution in [0.2, 0.25) is 0 Å². The lowest BCUT2D eigenvalue weighted by molar-refractivity contribution is 0.137. The van der Waals surface area contributed by atoms with Gasteiger partial charge < -0.3 is 9.84 Å². The van der Waals surface area contributed by atoms with E-state index in [1.165, 1.54) is 23.1 Å². The fraction of sp³-hybridized carbons (Fsp3) is 0.235. The zero-order chi connectivity index (χ0) is 15.5. The van der Waals surface area contributed by atoms with Crippen molar-refractivity contribution in [1.29, 1.82) is 0 Å². The number of fused-ring (bicyclic) bond motifs is 1. The van der Waals surface area contributed by atoms with Crippen LogP contribution in [0.5, 0.6) is 0 Å². The average molecular weight is 301 g/mol. The van der Waals surface area contributed by atoms with Gasteiger partial charge in [0.15, 0.2) is 0 Å². The zero-order valence-corrected chi connectivity index (χ0v) is 11.9. The minimum absolute atomic E-state index is 0.176. The molecule has 5 heteroatoms. The second-order valence-electron chi connectivity index (χ2n) is 5.20. The maximum atomic E-state index is 13.3. The third-order valence-electron chi connectivity index (χ3n) is 3.69. The highest BCUT2D eigenvalue weighted by Gasteiger charge is 2.28. The highest BCUT2D eigenvalue weighted by Crippen LogP contribution is 2.34. The molecule has 1 amide bonds. The number of anilines is 1. The van der Waals surface area contributed by atoms with Gasteiger partial charge in [-0.1, -0.05) is 30.3 Å². The first-order valence-electron chi connectivity index (χ1n) is 7.11. The maximum absolute atomic E-state index is 13.3. The molecule has 0 fully saturated rings. The molecule has 1 unspecified atom stereocenters. The van der Waals surface area contributed by atoms with E-state index in [0.717, 1.165) is 5.56 Å². The van der Waals surface area contributed by atoms with Crippen LogP contribution >= 0.6 is 0 Å². The Bertz CT molecular complexity index is 675. The smallest absolute Gasteiger partial charge is 0.414 e. The summed E-state index contributed by atoms with van der Waals surface area (Å²) in [7, 11) is 0. The van der Waals surface area contributed by atoms with E-state index in [1.807, 2.05) is 30.3 Å². The molecule has 1 aliphatic rings. The van der Waals surface area contributed by atoms with Crippen LogP contribution in [0.4, 0.5) is 14.9 Å². The van der Waals surface area contributed by atoms with Crippen molar-refractivity contribution in [1.82, 2.24) is 0 Å². The molecule has 1 atom stereocenters. The molecule has 0 saturated heterocycles. The van der Waals surface area contributed by atoms with Crippen LogP contribution in [0.25, 0.3) is 0 Å². The average Bonchev–Trinajstić information content (AvgIpc) is 2.54. The standard InChI is InChI=1S/C17H16FNO3/c18-13-6-7-15-14(10-13)16(20)8-9-19(15)17(21)22-11-12-4-2-1-3-5-12/h1-7,10,16,20H,8-9,11H2. The minimum atomic E-state index is -0.760. The Balaban J connectivity index is 1.75. The third-order valence-corrected chi connectivity index (χ3v) is 3.69. The van der Waals surface area contributed by atoms with Crippen molar-refractivity contribution in [3.8, 4) is 0 Å². The molecule has 1 N–H and O–H groups in total. The second-order valence-corrected chi connectivity index (χ2v) is 5.20. The fourth-order valence-corrected chi connectivity index (χ4v) is 2.55. The molecule has 1 heterocycles. The molecule has 4 nitrogen and oxygen atoms in total. The van der Waals surface area contributed by atoms with Crippen LogP contribution in [-0.2, 0) is 11.3 Å². The van der Waals surface area contributed by atoms with E-state index in [2.05, 4.69) is 0 Å². The van der Waals surface area contributed by atoms with E-state index in [0.29, 0.717) is 24.2 Å². The van der Waals surface area contributed by atoms with Gasteiger partial charge in [-0.2, -0.15) is 0 Å². The SMILES string of the molecule is O=C(OCc1ccccc1)N1CCC(O)c2cc(F)ccc21. The summed E-state index contributed by atoms with van der Waals surface area (Å²) >= 11 is 0. The number of nitrogens with zero attached hydrogens (tertiary/aromatic N) is 1. The number of benzene rings is 2. The van der Waals surface area contributed by atoms with Gasteiger partial charge in [0.05, 0.1) is 11.8 Å². The first-order chi connectivity index (χ1) is 10.6. The second kappa shape index (κ2) is 6.15. The number of aliphatic hydroxyl groups is 1. The predicted molar refractivity (Wildman–Crippen MR) is 79.9 cm³/mol. The molecule has 0 spiro atoms. The lowest BCUT2D eigenvalue weighted by atomic mass is 9.99. The normalized spacial score (nSPS) is 17.0. The Morgan fingerprint density at radius 3 is 2.82 bits per heavy atom. The van der Waals surface area contributed by atoms with Crippen LogP contribution in [-0.4, -0.2) is 17.7 Å². The van der Waals surface area contributed by atoms with Gasteiger partial charge in [0.25, 0.3) is 0 Å². The van der Waals surface area contributed by atoms with Crippen LogP contribution in [0, 0.1) is 5.82 Å². The van der Waals surface area contributed by atoms with E-state index < -0.39 is 18.0 Å². The number of amides is 1. The van der Waals surface area contributed by atoms with Crippen molar-refractivity contribution in [2.45, 2.75) is 19.1 Å². The summed E-state index contributed by atoms with van der Waals surface area (Å²) < 4.78 is 18.6. The molecule has 2 aromatic rings. The summed E-state index contributed by atoms with van der Waals surface area (Å²) in [4.78, 5) is 13.7. The number of ether oxygens (including phenoxy) is 1. The number of aliphatic hydroxyl groups excluding tert-OH is 1. The van der Waals surface area contributed by atoms with Crippen molar-refractivity contribution in [3.63, 3.8) is 0 Å². The predicted octanol–water partition coefficient (Wildman–Crippen LogP) is 3.41. The van der Waals surface area contributed by atoms with Gasteiger partial charge in [-0.25, -0.2) is 9.18 Å². The summed E-state index contributed by atoms with van der Waals surface area (Å²) in [6.45, 7) is 0.517. The third kappa shape index (κ3) is 2.94. The van der Waals surface area contributed by atoms with Crippen molar-refractivity contribution in [3.05, 3.63) is 65.5 Å². The van der Waals surface area contributed by atoms with Gasteiger partial charge in [-0.05, 0) is 30.2 Å². The monoisotopic (exact) mass is 301 g/mol. The van der Waals surface area contributed by atoms with Crippen molar-refractivity contribution < 1.29 is 19.0 Å². The molecular weight excluding hydrogens is 285 g/mol. The molecule has 2 aromatic carbocycles. The summed E-state index contributed by atoms with van der Waals surface area (Å²) in [6, 6.07) is 13.4. The van der Waals surface area contributed by atoms with E-state index >= 15 is 0 Å². The number of carbonyl (C=O) groups excluding carboxylic acids is 1. The molecule has 3 rings (SSSR count). The maximum Gasteiger partial charge on any atom is 0.414 e. The lowest BCUT2D eigenvalue weighted by Crippen LogP contribution is -2.37. The molecule has 1 aliphatic heterocycles. The molecule has 0 radical (unpaired) electrons. The van der Waals surface area contributed by atoms with Crippen molar-refractivity contribution >= 4 is 11.8 Å². The van der Waals surface area contributed by atoms with Crippen LogP contribution in [0.15, 0.2) is 48.5 Å². The molecular formula is C17H16FNO3. The van der Waals surface area contributed by atoms with E-state index in [9.17, 15) is 14.3 Å². The van der Waals surface area contributed by atoms with E-state index in [1.54, 1.807) is 0 Å². The van der Waals surface area contributed by atoms with Crippen LogP contribution in [0.1, 0.15) is 23.7 Å². The Morgan fingerprint density at radius 2 is 2.05 bits per heavy atom. The first-order valence-corrected chi connectivity index (χ1v) is 7.11. The topological polar surface area (TPSA) is 49.8 Å². The molecule has 0 aliphatic carbocycles. The Morgan fingerprint density at radius 1 is 1.27 bits per heavy atom. The quantitative estimate of drug-likeness (QED) is 0.925. The summed E-state index contributed by atoms with van der Waals surface area (Å²) in [6.07, 6.45) is -0.899. The number of rotatable bonds is 2. The number of hydrogen-bond acceptors (Lipinski definition) is 3. The minimum Gasteiger partial charge on any atom is -0.444 e. The summed E-state index contributed by atoms with van der Waals surface area (Å²) in [5.74, 6) is -0.433. The molecule has 22 heavy (non-hydrogen) atoms. The largest absolute Gasteiger partial charge is 0.444 e. The number of halogens is 1. The highest BCUT2D eigenvalue weighted by molar-refractivity contribution is 5.89. The Hall–Kier alpha value is -2.40. The molecule has 0 bridgehead atoms. The Labute approximate surface area is 127 Å².